The van der Waals surface area contributed by atoms with Crippen molar-refractivity contribution in [2.75, 3.05) is 13.1 Å². The van der Waals surface area contributed by atoms with E-state index in [1.165, 1.54) is 0 Å². The molecule has 152 valence electrons. The van der Waals surface area contributed by atoms with Crippen molar-refractivity contribution in [1.82, 2.24) is 24.9 Å². The van der Waals surface area contributed by atoms with Crippen LogP contribution in [-0.2, 0) is 0 Å². The van der Waals surface area contributed by atoms with Gasteiger partial charge in [-0.3, -0.25) is 4.40 Å². The molecule has 0 amide bonds. The van der Waals surface area contributed by atoms with Gasteiger partial charge in [0.1, 0.15) is 29.2 Å². The molecule has 0 saturated carbocycles. The number of fused-ring (bicyclic) bond motifs is 2. The molecule has 5 rings (SSSR count). The summed E-state index contributed by atoms with van der Waals surface area (Å²) < 4.78 is 22.1. The Kier molecular flexibility index (Phi) is 6.52. The van der Waals surface area contributed by atoms with E-state index >= 15 is 0 Å². The van der Waals surface area contributed by atoms with Gasteiger partial charge in [0.05, 0.1) is 0 Å². The molecule has 0 unspecified atom stereocenters. The topological polar surface area (TPSA) is 64.3 Å². The van der Waals surface area contributed by atoms with Crippen molar-refractivity contribution in [2.24, 2.45) is 0 Å². The normalized spacial score (nSPS) is 18.8. The Morgan fingerprint density at radius 3 is 2.79 bits per heavy atom. The highest BCUT2D eigenvalue weighted by Gasteiger charge is 2.27. The number of nitrogens with one attached hydrogen (secondary N) is 1. The maximum Gasteiger partial charge on any atom is 0.187 e. The van der Waals surface area contributed by atoms with Gasteiger partial charge in [0.25, 0.3) is 0 Å². The van der Waals surface area contributed by atoms with Crippen LogP contribution in [0.15, 0.2) is 54.7 Å². The van der Waals surface area contributed by atoms with Gasteiger partial charge in [0.15, 0.2) is 11.5 Å². The summed E-state index contributed by atoms with van der Waals surface area (Å²) in [6, 6.07) is 15.3. The quantitative estimate of drug-likeness (QED) is 0.529. The van der Waals surface area contributed by atoms with Gasteiger partial charge in [-0.1, -0.05) is 24.3 Å². The summed E-state index contributed by atoms with van der Waals surface area (Å²) in [5, 5.41) is 12.4. The van der Waals surface area contributed by atoms with Crippen LogP contribution in [0.3, 0.4) is 0 Å². The molecule has 1 N–H and O–H groups in total. The molecule has 0 radical (unpaired) electrons. The van der Waals surface area contributed by atoms with Crippen LogP contribution in [-0.4, -0.2) is 44.9 Å². The predicted octanol–water partition coefficient (Wildman–Crippen LogP) is 3.87. The van der Waals surface area contributed by atoms with Gasteiger partial charge in [0.2, 0.25) is 0 Å². The van der Waals surface area contributed by atoms with Gasteiger partial charge in [-0.05, 0) is 37.2 Å². The maximum absolute atomic E-state index is 14.2. The molecule has 0 aliphatic carbocycles. The maximum atomic E-state index is 14.2. The molecule has 9 heteroatoms. The summed E-state index contributed by atoms with van der Waals surface area (Å²) in [5.41, 5.74) is 2.15. The highest BCUT2D eigenvalue weighted by molar-refractivity contribution is 5.86. The van der Waals surface area contributed by atoms with E-state index in [4.69, 9.17) is 9.72 Å². The minimum Gasteiger partial charge on any atom is -0.485 e. The van der Waals surface area contributed by atoms with Crippen molar-refractivity contribution in [2.45, 2.75) is 18.7 Å². The first-order valence-corrected chi connectivity index (χ1v) is 9.01. The minimum absolute atomic E-state index is 0. The molecule has 6 nitrogen and oxygen atoms in total. The SMILES string of the molecule is Cl.Cl.F[C@@H]1CNCC[C@H]1Oc1cccc2ccc(-c3nnc4ccccn34)nc12. The minimum atomic E-state index is -1.03. The number of rotatable bonds is 3. The third-order valence-corrected chi connectivity index (χ3v) is 4.85. The first-order chi connectivity index (χ1) is 13.3. The van der Waals surface area contributed by atoms with Crippen LogP contribution in [0.1, 0.15) is 6.42 Å². The molecule has 1 fully saturated rings. The first kappa shape index (κ1) is 21.2. The largest absolute Gasteiger partial charge is 0.485 e. The van der Waals surface area contributed by atoms with Crippen LogP contribution in [0.2, 0.25) is 0 Å². The van der Waals surface area contributed by atoms with E-state index < -0.39 is 12.3 Å². The number of hydrogen-bond acceptors (Lipinski definition) is 5. The van der Waals surface area contributed by atoms with E-state index in [2.05, 4.69) is 15.5 Å². The van der Waals surface area contributed by atoms with Crippen molar-refractivity contribution < 1.29 is 9.13 Å². The molecular weight excluding hydrogens is 416 g/mol. The number of benzene rings is 1. The Morgan fingerprint density at radius 2 is 1.93 bits per heavy atom. The fourth-order valence-electron chi connectivity index (χ4n) is 3.45. The van der Waals surface area contributed by atoms with Gasteiger partial charge >= 0.3 is 0 Å². The van der Waals surface area contributed by atoms with Crippen molar-refractivity contribution in [1.29, 1.82) is 0 Å². The molecular formula is C20H20Cl2FN5O. The Balaban J connectivity index is 0.00000120. The molecule has 0 spiro atoms. The lowest BCUT2D eigenvalue weighted by molar-refractivity contribution is 0.0742. The third kappa shape index (κ3) is 3.99. The summed E-state index contributed by atoms with van der Waals surface area (Å²) in [6.45, 7) is 1.07. The van der Waals surface area contributed by atoms with Gasteiger partial charge in [-0.2, -0.15) is 0 Å². The van der Waals surface area contributed by atoms with Crippen LogP contribution in [0.5, 0.6) is 5.75 Å². The fourth-order valence-corrected chi connectivity index (χ4v) is 3.45. The molecule has 2 atom stereocenters. The van der Waals surface area contributed by atoms with Crippen molar-refractivity contribution >= 4 is 41.4 Å². The molecule has 1 aliphatic rings. The Bertz CT molecular complexity index is 1120. The molecule has 3 aromatic heterocycles. The predicted molar refractivity (Wildman–Crippen MR) is 115 cm³/mol. The standard InChI is InChI=1S/C20H18FN5O.2ClH/c21-14-12-22-10-9-16(14)27-17-5-3-4-13-7-8-15(23-19(13)17)20-25-24-18-6-1-2-11-26(18)20;;/h1-8,11,14,16,22H,9-10,12H2;2*1H/t14-,16-;;/m1../s1. The van der Waals surface area contributed by atoms with Gasteiger partial charge in [0, 0.05) is 18.1 Å². The number of piperidine rings is 1. The van der Waals surface area contributed by atoms with Crippen molar-refractivity contribution in [3.05, 3.63) is 54.7 Å². The number of halogens is 3. The average molecular weight is 436 g/mol. The van der Waals surface area contributed by atoms with Gasteiger partial charge in [-0.25, -0.2) is 9.37 Å². The number of ether oxygens (including phenoxy) is 1. The zero-order valence-corrected chi connectivity index (χ0v) is 17.0. The Hall–Kier alpha value is -2.48. The number of pyridine rings is 2. The molecule has 4 heterocycles. The van der Waals surface area contributed by atoms with Crippen molar-refractivity contribution in [3.8, 4) is 17.3 Å². The third-order valence-electron chi connectivity index (χ3n) is 4.85. The number of hydrogen-bond donors (Lipinski definition) is 1. The molecule has 1 aromatic carbocycles. The van der Waals surface area contributed by atoms with Gasteiger partial charge in [-0.15, -0.1) is 35.0 Å². The van der Waals surface area contributed by atoms with Crippen LogP contribution in [0.4, 0.5) is 4.39 Å². The zero-order chi connectivity index (χ0) is 18.2. The summed E-state index contributed by atoms with van der Waals surface area (Å²) in [7, 11) is 0. The van der Waals surface area contributed by atoms with E-state index in [1.54, 1.807) is 0 Å². The summed E-state index contributed by atoms with van der Waals surface area (Å²) in [5.74, 6) is 1.25. The number of para-hydroxylation sites is 1. The number of nitrogens with zero attached hydrogens (tertiary/aromatic N) is 4. The van der Waals surface area contributed by atoms with E-state index in [-0.39, 0.29) is 24.8 Å². The van der Waals surface area contributed by atoms with Crippen LogP contribution >= 0.6 is 24.8 Å². The second kappa shape index (κ2) is 8.90. The summed E-state index contributed by atoms with van der Waals surface area (Å²) in [6.07, 6.45) is 1.04. The molecule has 4 aromatic rings. The molecule has 1 saturated heterocycles. The Morgan fingerprint density at radius 1 is 1.03 bits per heavy atom. The van der Waals surface area contributed by atoms with E-state index in [0.29, 0.717) is 35.8 Å². The second-order valence-electron chi connectivity index (χ2n) is 6.64. The van der Waals surface area contributed by atoms with E-state index in [0.717, 1.165) is 17.6 Å². The number of aromatic nitrogens is 4. The number of alkyl halides is 1. The van der Waals surface area contributed by atoms with E-state index in [9.17, 15) is 4.39 Å². The van der Waals surface area contributed by atoms with Crippen LogP contribution in [0.25, 0.3) is 28.1 Å². The summed E-state index contributed by atoms with van der Waals surface area (Å²) >= 11 is 0. The van der Waals surface area contributed by atoms with Gasteiger partial charge < -0.3 is 10.1 Å². The van der Waals surface area contributed by atoms with Crippen LogP contribution in [0, 0.1) is 0 Å². The lowest BCUT2D eigenvalue weighted by Gasteiger charge is -2.27. The monoisotopic (exact) mass is 435 g/mol. The molecule has 0 bridgehead atoms. The highest BCUT2D eigenvalue weighted by atomic mass is 35.5. The lowest BCUT2D eigenvalue weighted by atomic mass is 10.1. The summed E-state index contributed by atoms with van der Waals surface area (Å²) in [4.78, 5) is 4.77. The average Bonchev–Trinajstić information content (AvgIpc) is 3.14. The Labute approximate surface area is 179 Å². The zero-order valence-electron chi connectivity index (χ0n) is 15.4. The van der Waals surface area contributed by atoms with Crippen molar-refractivity contribution in [3.63, 3.8) is 0 Å². The molecule has 29 heavy (non-hydrogen) atoms. The first-order valence-electron chi connectivity index (χ1n) is 9.01. The lowest BCUT2D eigenvalue weighted by Crippen LogP contribution is -2.44. The smallest absolute Gasteiger partial charge is 0.187 e. The fraction of sp³-hybridized carbons (Fsp3) is 0.250. The van der Waals surface area contributed by atoms with E-state index in [1.807, 2.05) is 59.1 Å². The second-order valence-corrected chi connectivity index (χ2v) is 6.64. The molecule has 1 aliphatic heterocycles. The van der Waals surface area contributed by atoms with Crippen LogP contribution < -0.4 is 10.1 Å². The highest BCUT2D eigenvalue weighted by Crippen LogP contribution is 2.29.